The lowest BCUT2D eigenvalue weighted by molar-refractivity contribution is 0.793. The predicted molar refractivity (Wildman–Crippen MR) is 240 cm³/mol. The first-order chi connectivity index (χ1) is 28.2. The highest BCUT2D eigenvalue weighted by atomic mass is 15.1. The largest absolute Gasteiger partial charge is 0.310 e. The zero-order valence-corrected chi connectivity index (χ0v) is 31.6. The Balaban J connectivity index is 1.12. The van der Waals surface area contributed by atoms with Crippen molar-refractivity contribution in [2.45, 2.75) is 12.3 Å². The lowest BCUT2D eigenvalue weighted by Crippen LogP contribution is -2.26. The van der Waals surface area contributed by atoms with Gasteiger partial charge in [-0.25, -0.2) is 0 Å². The average molecular weight is 724 g/mol. The summed E-state index contributed by atoms with van der Waals surface area (Å²) < 4.78 is 0. The summed E-state index contributed by atoms with van der Waals surface area (Å²) in [6.07, 6.45) is 0. The summed E-state index contributed by atoms with van der Waals surface area (Å²) in [6, 6.07) is 77.0. The van der Waals surface area contributed by atoms with Crippen LogP contribution in [0, 0.1) is 6.92 Å². The third-order valence-corrected chi connectivity index (χ3v) is 12.7. The van der Waals surface area contributed by atoms with Crippen LogP contribution in [0.3, 0.4) is 0 Å². The highest BCUT2D eigenvalue weighted by Crippen LogP contribution is 2.63. The van der Waals surface area contributed by atoms with Crippen LogP contribution in [0.5, 0.6) is 0 Å². The second-order valence-electron chi connectivity index (χ2n) is 15.7. The molecule has 1 nitrogen and oxygen atoms in total. The SMILES string of the molecule is Cc1ccc(-c2ccc(N(c3ccc4c(c3)C3(c5ccccc5-c5ccccc53)c3ccccc3-4)c3ccc4c5ccccc5c5ccccc5c4c3)cc2)cc1. The van der Waals surface area contributed by atoms with Crippen molar-refractivity contribution in [1.82, 2.24) is 0 Å². The highest BCUT2D eigenvalue weighted by Gasteiger charge is 2.51. The predicted octanol–water partition coefficient (Wildman–Crippen LogP) is 14.9. The molecule has 0 radical (unpaired) electrons. The van der Waals surface area contributed by atoms with Gasteiger partial charge >= 0.3 is 0 Å². The monoisotopic (exact) mass is 723 g/mol. The number of anilines is 3. The Kier molecular flexibility index (Phi) is 6.83. The molecule has 0 atom stereocenters. The molecule has 0 aromatic heterocycles. The van der Waals surface area contributed by atoms with E-state index in [9.17, 15) is 0 Å². The van der Waals surface area contributed by atoms with E-state index in [0.29, 0.717) is 0 Å². The summed E-state index contributed by atoms with van der Waals surface area (Å²) >= 11 is 0. The molecule has 0 heterocycles. The molecule has 57 heavy (non-hydrogen) atoms. The normalized spacial score (nSPS) is 13.1. The van der Waals surface area contributed by atoms with E-state index < -0.39 is 5.41 Å². The van der Waals surface area contributed by atoms with Gasteiger partial charge in [0.1, 0.15) is 0 Å². The maximum absolute atomic E-state index is 2.49. The fraction of sp³-hybridized carbons (Fsp3) is 0.0357. The molecule has 10 aromatic rings. The van der Waals surface area contributed by atoms with Gasteiger partial charge in [-0.1, -0.05) is 175 Å². The van der Waals surface area contributed by atoms with Crippen molar-refractivity contribution < 1.29 is 0 Å². The average Bonchev–Trinajstić information content (AvgIpc) is 3.74. The fourth-order valence-electron chi connectivity index (χ4n) is 10.3. The quantitative estimate of drug-likeness (QED) is 0.163. The van der Waals surface area contributed by atoms with E-state index in [2.05, 4.69) is 218 Å². The number of aryl methyl sites for hydroxylation is 1. The van der Waals surface area contributed by atoms with E-state index >= 15 is 0 Å². The van der Waals surface area contributed by atoms with E-state index in [1.54, 1.807) is 0 Å². The fourth-order valence-corrected chi connectivity index (χ4v) is 10.3. The molecule has 12 rings (SSSR count). The van der Waals surface area contributed by atoms with Gasteiger partial charge in [-0.05, 0) is 131 Å². The molecule has 1 spiro atoms. The Labute approximate surface area is 332 Å². The third kappa shape index (κ3) is 4.51. The molecule has 0 amide bonds. The Morgan fingerprint density at radius 3 is 1.23 bits per heavy atom. The van der Waals surface area contributed by atoms with Crippen LogP contribution >= 0.6 is 0 Å². The third-order valence-electron chi connectivity index (χ3n) is 12.7. The van der Waals surface area contributed by atoms with Crippen molar-refractivity contribution >= 4 is 49.4 Å². The van der Waals surface area contributed by atoms with Crippen molar-refractivity contribution in [1.29, 1.82) is 0 Å². The first kappa shape index (κ1) is 32.1. The van der Waals surface area contributed by atoms with Gasteiger partial charge in [-0.3, -0.25) is 0 Å². The van der Waals surface area contributed by atoms with Crippen molar-refractivity contribution in [3.63, 3.8) is 0 Å². The summed E-state index contributed by atoms with van der Waals surface area (Å²) in [5.74, 6) is 0. The second kappa shape index (κ2) is 12.1. The Hall–Kier alpha value is -7.22. The van der Waals surface area contributed by atoms with E-state index in [4.69, 9.17) is 0 Å². The minimum Gasteiger partial charge on any atom is -0.310 e. The molecular formula is C56H37N. The molecule has 0 aliphatic heterocycles. The molecule has 266 valence electrons. The van der Waals surface area contributed by atoms with Crippen molar-refractivity contribution in [2.24, 2.45) is 0 Å². The van der Waals surface area contributed by atoms with Gasteiger partial charge in [0.25, 0.3) is 0 Å². The van der Waals surface area contributed by atoms with Gasteiger partial charge < -0.3 is 4.90 Å². The van der Waals surface area contributed by atoms with E-state index in [0.717, 1.165) is 17.1 Å². The number of fused-ring (bicyclic) bond motifs is 16. The summed E-state index contributed by atoms with van der Waals surface area (Å²) in [5.41, 5.74) is 17.3. The van der Waals surface area contributed by atoms with Gasteiger partial charge in [0.05, 0.1) is 5.41 Å². The Bertz CT molecular complexity index is 3140. The smallest absolute Gasteiger partial charge is 0.0726 e. The molecule has 1 heteroatoms. The molecule has 0 N–H and O–H groups in total. The van der Waals surface area contributed by atoms with Crippen molar-refractivity contribution in [3.05, 3.63) is 234 Å². The molecule has 2 aliphatic carbocycles. The number of rotatable bonds is 4. The number of hydrogen-bond donors (Lipinski definition) is 0. The van der Waals surface area contributed by atoms with E-state index in [1.165, 1.54) is 93.5 Å². The first-order valence-corrected chi connectivity index (χ1v) is 19.9. The van der Waals surface area contributed by atoms with Crippen LogP contribution in [0.1, 0.15) is 27.8 Å². The van der Waals surface area contributed by atoms with Gasteiger partial charge in [0.15, 0.2) is 0 Å². The van der Waals surface area contributed by atoms with Gasteiger partial charge in [-0.15, -0.1) is 0 Å². The van der Waals surface area contributed by atoms with Crippen LogP contribution in [0.4, 0.5) is 17.1 Å². The lowest BCUT2D eigenvalue weighted by atomic mass is 9.70. The molecule has 0 saturated heterocycles. The van der Waals surface area contributed by atoms with Gasteiger partial charge in [0.2, 0.25) is 0 Å². The minimum atomic E-state index is -0.422. The summed E-state index contributed by atoms with van der Waals surface area (Å²) in [6.45, 7) is 2.14. The molecule has 0 unspecified atom stereocenters. The van der Waals surface area contributed by atoms with Crippen LogP contribution in [0.2, 0.25) is 0 Å². The first-order valence-electron chi connectivity index (χ1n) is 19.9. The van der Waals surface area contributed by atoms with Crippen LogP contribution in [-0.2, 0) is 5.41 Å². The number of hydrogen-bond acceptors (Lipinski definition) is 1. The van der Waals surface area contributed by atoms with Crippen LogP contribution in [0.15, 0.2) is 206 Å². The van der Waals surface area contributed by atoms with E-state index in [-0.39, 0.29) is 0 Å². The molecule has 10 aromatic carbocycles. The zero-order chi connectivity index (χ0) is 37.7. The summed E-state index contributed by atoms with van der Waals surface area (Å²) in [7, 11) is 0. The maximum Gasteiger partial charge on any atom is 0.0726 e. The van der Waals surface area contributed by atoms with Crippen LogP contribution < -0.4 is 4.90 Å². The summed E-state index contributed by atoms with van der Waals surface area (Å²) in [5, 5.41) is 7.64. The molecule has 0 bridgehead atoms. The Morgan fingerprint density at radius 1 is 0.298 bits per heavy atom. The molecule has 0 saturated carbocycles. The minimum absolute atomic E-state index is 0.422. The standard InChI is InChI=1S/C56H37N/c1-36-22-24-37(25-23-36)38-26-28-39(29-27-38)57(40-30-32-46-44-14-3-2-12-42(44)43-13-4-5-15-45(43)51(46)34-40)41-31-33-50-49-18-8-11-21-54(49)56(55(50)35-41)52-19-9-6-16-47(52)48-17-7-10-20-53(48)56/h2-35H,1H3. The van der Waals surface area contributed by atoms with Crippen LogP contribution in [0.25, 0.3) is 65.7 Å². The maximum atomic E-state index is 2.49. The summed E-state index contributed by atoms with van der Waals surface area (Å²) in [4.78, 5) is 2.46. The van der Waals surface area contributed by atoms with Gasteiger partial charge in [-0.2, -0.15) is 0 Å². The second-order valence-corrected chi connectivity index (χ2v) is 15.7. The van der Waals surface area contributed by atoms with Crippen LogP contribution in [-0.4, -0.2) is 0 Å². The topological polar surface area (TPSA) is 3.24 Å². The van der Waals surface area contributed by atoms with Crippen molar-refractivity contribution in [2.75, 3.05) is 4.90 Å². The van der Waals surface area contributed by atoms with Gasteiger partial charge in [0, 0.05) is 17.1 Å². The molecule has 2 aliphatic rings. The number of benzene rings is 10. The lowest BCUT2D eigenvalue weighted by Gasteiger charge is -2.32. The zero-order valence-electron chi connectivity index (χ0n) is 31.6. The van der Waals surface area contributed by atoms with E-state index in [1.807, 2.05) is 0 Å². The Morgan fingerprint density at radius 2 is 0.684 bits per heavy atom. The number of nitrogens with zero attached hydrogens (tertiary/aromatic N) is 1. The molecular weight excluding hydrogens is 687 g/mol. The molecule has 0 fully saturated rings. The van der Waals surface area contributed by atoms with Crippen molar-refractivity contribution in [3.8, 4) is 33.4 Å². The highest BCUT2D eigenvalue weighted by molar-refractivity contribution is 6.25.